The lowest BCUT2D eigenvalue weighted by molar-refractivity contribution is -0.134. The molecule has 0 amide bonds. The Morgan fingerprint density at radius 1 is 0.410 bits per heavy atom. The minimum absolute atomic E-state index is 0.155. The summed E-state index contributed by atoms with van der Waals surface area (Å²) in [7, 11) is 1.94. The van der Waals surface area contributed by atoms with Gasteiger partial charge in [-0.3, -0.25) is 14.5 Å². The number of hydrogen-bond acceptors (Lipinski definition) is 3. The van der Waals surface area contributed by atoms with Crippen LogP contribution in [0.25, 0.3) is 0 Å². The second kappa shape index (κ2) is 30.3. The topological polar surface area (TPSA) is 37.4 Å². The van der Waals surface area contributed by atoms with Crippen molar-refractivity contribution >= 4 is 11.6 Å². The molecule has 0 bridgehead atoms. The molecule has 0 aliphatic carbocycles. The highest BCUT2D eigenvalue weighted by Crippen LogP contribution is 2.16. The molecule has 0 unspecified atom stereocenters. The Kier molecular flexibility index (Phi) is 29.7. The summed E-state index contributed by atoms with van der Waals surface area (Å²) < 4.78 is 0. The highest BCUT2D eigenvalue weighted by molar-refractivity contribution is 6.06. The number of nitrogens with zero attached hydrogens (tertiary/aromatic N) is 1. The molecule has 39 heavy (non-hydrogen) atoms. The summed E-state index contributed by atoms with van der Waals surface area (Å²) in [6, 6.07) is -0.510. The van der Waals surface area contributed by atoms with Crippen LogP contribution < -0.4 is 0 Å². The van der Waals surface area contributed by atoms with Crippen LogP contribution in [0, 0.1) is 0 Å². The van der Waals surface area contributed by atoms with Crippen LogP contribution in [-0.2, 0) is 9.59 Å². The van der Waals surface area contributed by atoms with Crippen LogP contribution in [0.4, 0.5) is 0 Å². The molecule has 0 aliphatic rings. The molecule has 0 heterocycles. The van der Waals surface area contributed by atoms with E-state index in [4.69, 9.17) is 0 Å². The maximum Gasteiger partial charge on any atom is 0.157 e. The summed E-state index contributed by atoms with van der Waals surface area (Å²) >= 11 is 0. The van der Waals surface area contributed by atoms with Crippen LogP contribution >= 0.6 is 0 Å². The van der Waals surface area contributed by atoms with Gasteiger partial charge in [0.25, 0.3) is 0 Å². The molecule has 0 radical (unpaired) electrons. The zero-order valence-electron chi connectivity index (χ0n) is 27.3. The van der Waals surface area contributed by atoms with Crippen molar-refractivity contribution in [2.45, 2.75) is 207 Å². The van der Waals surface area contributed by atoms with Gasteiger partial charge in [-0.2, -0.15) is 0 Å². The fourth-order valence-corrected chi connectivity index (χ4v) is 5.76. The molecular weight excluding hydrogens is 478 g/mol. The van der Waals surface area contributed by atoms with E-state index in [2.05, 4.69) is 13.8 Å². The molecule has 232 valence electrons. The smallest absolute Gasteiger partial charge is 0.157 e. The Morgan fingerprint density at radius 2 is 0.641 bits per heavy atom. The number of carbonyl (C=O) groups excluding carboxylic acids is 2. The van der Waals surface area contributed by atoms with E-state index >= 15 is 0 Å². The summed E-state index contributed by atoms with van der Waals surface area (Å²) in [5, 5.41) is 0. The van der Waals surface area contributed by atoms with Gasteiger partial charge in [0, 0.05) is 12.8 Å². The van der Waals surface area contributed by atoms with Crippen molar-refractivity contribution in [3.8, 4) is 0 Å². The summed E-state index contributed by atoms with van der Waals surface area (Å²) in [4.78, 5) is 27.9. The molecule has 0 aliphatic heterocycles. The van der Waals surface area contributed by atoms with E-state index in [1.807, 2.05) is 18.9 Å². The molecule has 0 fully saturated rings. The van der Waals surface area contributed by atoms with E-state index in [1.165, 1.54) is 141 Å². The Hall–Kier alpha value is -0.700. The molecular formula is C36H71NO2. The highest BCUT2D eigenvalue weighted by atomic mass is 16.2. The number of Topliss-reactive ketones (excluding diaryl/α,β-unsaturated/α-hetero) is 2. The molecule has 0 aromatic rings. The van der Waals surface area contributed by atoms with Crippen LogP contribution in [-0.4, -0.2) is 36.1 Å². The van der Waals surface area contributed by atoms with E-state index in [0.29, 0.717) is 12.8 Å². The average Bonchev–Trinajstić information content (AvgIpc) is 2.93. The van der Waals surface area contributed by atoms with Gasteiger partial charge in [0.2, 0.25) is 0 Å². The number of ketones is 2. The van der Waals surface area contributed by atoms with E-state index in [1.54, 1.807) is 0 Å². The first-order valence-corrected chi connectivity index (χ1v) is 17.8. The molecule has 0 aromatic heterocycles. The van der Waals surface area contributed by atoms with Crippen molar-refractivity contribution < 1.29 is 9.59 Å². The Balaban J connectivity index is 3.83. The second-order valence-corrected chi connectivity index (χ2v) is 12.4. The van der Waals surface area contributed by atoms with Crippen molar-refractivity contribution in [2.24, 2.45) is 0 Å². The lowest BCUT2D eigenvalue weighted by Crippen LogP contribution is -2.44. The Bertz CT molecular complexity index is 490. The molecule has 0 saturated carbocycles. The van der Waals surface area contributed by atoms with E-state index in [9.17, 15) is 9.59 Å². The fourth-order valence-electron chi connectivity index (χ4n) is 5.76. The van der Waals surface area contributed by atoms with Crippen molar-refractivity contribution in [3.05, 3.63) is 0 Å². The first kappa shape index (κ1) is 38.3. The third-order valence-corrected chi connectivity index (χ3v) is 8.60. The van der Waals surface area contributed by atoms with Gasteiger partial charge in [-0.15, -0.1) is 0 Å². The Labute approximate surface area is 246 Å². The van der Waals surface area contributed by atoms with E-state index in [0.717, 1.165) is 32.2 Å². The van der Waals surface area contributed by atoms with E-state index in [-0.39, 0.29) is 11.6 Å². The van der Waals surface area contributed by atoms with Crippen molar-refractivity contribution in [1.82, 2.24) is 4.90 Å². The first-order valence-electron chi connectivity index (χ1n) is 17.8. The predicted molar refractivity (Wildman–Crippen MR) is 173 cm³/mol. The predicted octanol–water partition coefficient (Wildman–Crippen LogP) is 11.4. The van der Waals surface area contributed by atoms with Crippen LogP contribution in [0.15, 0.2) is 0 Å². The minimum Gasteiger partial charge on any atom is -0.297 e. The van der Waals surface area contributed by atoms with E-state index < -0.39 is 6.04 Å². The van der Waals surface area contributed by atoms with Crippen LogP contribution in [0.3, 0.4) is 0 Å². The number of carbonyl (C=O) groups is 2. The highest BCUT2D eigenvalue weighted by Gasteiger charge is 2.28. The van der Waals surface area contributed by atoms with Crippen molar-refractivity contribution in [2.75, 3.05) is 13.6 Å². The third-order valence-electron chi connectivity index (χ3n) is 8.60. The average molecular weight is 550 g/mol. The van der Waals surface area contributed by atoms with Crippen LogP contribution in [0.2, 0.25) is 0 Å². The van der Waals surface area contributed by atoms with Gasteiger partial charge in [0.15, 0.2) is 11.6 Å². The summed E-state index contributed by atoms with van der Waals surface area (Å²) in [6.45, 7) is 7.35. The lowest BCUT2D eigenvalue weighted by atomic mass is 9.96. The second-order valence-electron chi connectivity index (χ2n) is 12.4. The monoisotopic (exact) mass is 550 g/mol. The molecule has 3 nitrogen and oxygen atoms in total. The van der Waals surface area contributed by atoms with Gasteiger partial charge in [-0.1, -0.05) is 175 Å². The summed E-state index contributed by atoms with van der Waals surface area (Å²) in [6.07, 6.45) is 35.2. The van der Waals surface area contributed by atoms with Gasteiger partial charge in [0.1, 0.15) is 6.04 Å². The van der Waals surface area contributed by atoms with Crippen LogP contribution in [0.1, 0.15) is 201 Å². The number of rotatable bonds is 32. The maximum absolute atomic E-state index is 13.0. The van der Waals surface area contributed by atoms with Crippen LogP contribution in [0.5, 0.6) is 0 Å². The zero-order valence-corrected chi connectivity index (χ0v) is 27.3. The zero-order chi connectivity index (χ0) is 28.8. The molecule has 0 aromatic carbocycles. The van der Waals surface area contributed by atoms with Gasteiger partial charge in [0.05, 0.1) is 0 Å². The van der Waals surface area contributed by atoms with Gasteiger partial charge in [-0.25, -0.2) is 0 Å². The van der Waals surface area contributed by atoms with Crippen molar-refractivity contribution in [1.29, 1.82) is 0 Å². The normalized spacial score (nSPS) is 11.6. The van der Waals surface area contributed by atoms with Gasteiger partial charge < -0.3 is 0 Å². The first-order chi connectivity index (χ1) is 19.1. The SMILES string of the molecule is CCCCCCCCCCCCCCCC(=O)C(C(=O)CCCCCCCCCCCCCCC)N(C)CC. The van der Waals surface area contributed by atoms with Crippen molar-refractivity contribution in [3.63, 3.8) is 0 Å². The summed E-state index contributed by atoms with van der Waals surface area (Å²) in [5.41, 5.74) is 0. The van der Waals surface area contributed by atoms with Gasteiger partial charge >= 0.3 is 0 Å². The molecule has 0 spiro atoms. The molecule has 3 heteroatoms. The Morgan fingerprint density at radius 3 is 0.872 bits per heavy atom. The minimum atomic E-state index is -0.510. The maximum atomic E-state index is 13.0. The number of hydrogen-bond donors (Lipinski definition) is 0. The fraction of sp³-hybridized carbons (Fsp3) is 0.944. The molecule has 0 saturated heterocycles. The standard InChI is InChI=1S/C36H71NO2/c1-5-8-10-12-14-16-18-20-22-24-26-28-30-32-34(38)36(37(4)7-3)35(39)33-31-29-27-25-23-21-19-17-15-13-11-9-6-2/h36H,5-33H2,1-4H3. The quantitative estimate of drug-likeness (QED) is 0.0618. The molecule has 0 N–H and O–H groups in total. The number of likely N-dealkylation sites (N-methyl/N-ethyl adjacent to an activating group) is 1. The largest absolute Gasteiger partial charge is 0.297 e. The molecule has 0 rings (SSSR count). The number of unbranched alkanes of at least 4 members (excludes halogenated alkanes) is 24. The van der Waals surface area contributed by atoms with Gasteiger partial charge in [-0.05, 0) is 26.4 Å². The lowest BCUT2D eigenvalue weighted by Gasteiger charge is -2.24. The summed E-state index contributed by atoms with van der Waals surface area (Å²) in [5.74, 6) is 0.309. The third kappa shape index (κ3) is 24.8. The molecule has 0 atom stereocenters.